The van der Waals surface area contributed by atoms with Gasteiger partial charge in [-0.15, -0.1) is 0 Å². The predicted molar refractivity (Wildman–Crippen MR) is 93.2 cm³/mol. The van der Waals surface area contributed by atoms with Gasteiger partial charge < -0.3 is 10.2 Å². The molecule has 2 aromatic rings. The van der Waals surface area contributed by atoms with Crippen LogP contribution in [0.15, 0.2) is 48.5 Å². The highest BCUT2D eigenvalue weighted by molar-refractivity contribution is 6.04. The molecule has 1 amide bonds. The van der Waals surface area contributed by atoms with Crippen LogP contribution in [0.4, 0.5) is 11.4 Å². The van der Waals surface area contributed by atoms with E-state index in [4.69, 9.17) is 0 Å². The third kappa shape index (κ3) is 4.63. The van der Waals surface area contributed by atoms with Gasteiger partial charge in [0.05, 0.1) is 18.0 Å². The highest BCUT2D eigenvalue weighted by Gasteiger charge is 2.12. The van der Waals surface area contributed by atoms with Crippen molar-refractivity contribution in [3.63, 3.8) is 0 Å². The van der Waals surface area contributed by atoms with Gasteiger partial charge in [-0.05, 0) is 32.0 Å². The first kappa shape index (κ1) is 17.6. The van der Waals surface area contributed by atoms with Crippen LogP contribution in [0.2, 0.25) is 0 Å². The first-order valence-corrected chi connectivity index (χ1v) is 8.01. The number of nitrogens with one attached hydrogen (secondary N) is 2. The second-order valence-electron chi connectivity index (χ2n) is 5.59. The van der Waals surface area contributed by atoms with Crippen LogP contribution in [0.1, 0.15) is 29.8 Å². The lowest BCUT2D eigenvalue weighted by Crippen LogP contribution is -3.10. The van der Waals surface area contributed by atoms with Gasteiger partial charge in [-0.2, -0.15) is 0 Å². The van der Waals surface area contributed by atoms with Crippen LogP contribution in [0.25, 0.3) is 0 Å². The molecule has 0 aromatic heterocycles. The number of carbonyl (C=O) groups is 1. The van der Waals surface area contributed by atoms with Gasteiger partial charge in [0, 0.05) is 28.9 Å². The molecule has 0 fully saturated rings. The molecule has 6 nitrogen and oxygen atoms in total. The van der Waals surface area contributed by atoms with Crippen LogP contribution in [-0.2, 0) is 6.54 Å². The van der Waals surface area contributed by atoms with Crippen molar-refractivity contribution in [3.05, 3.63) is 69.8 Å². The number of hydrogen-bond acceptors (Lipinski definition) is 3. The van der Waals surface area contributed by atoms with Crippen molar-refractivity contribution in [1.29, 1.82) is 0 Å². The minimum absolute atomic E-state index is 0.0970. The highest BCUT2D eigenvalue weighted by Crippen LogP contribution is 2.15. The monoisotopic (exact) mass is 328 g/mol. The average Bonchev–Trinajstić information content (AvgIpc) is 2.61. The summed E-state index contributed by atoms with van der Waals surface area (Å²) in [5.41, 5.74) is 2.05. The largest absolute Gasteiger partial charge is 0.332 e. The lowest BCUT2D eigenvalue weighted by atomic mass is 10.1. The Labute approximate surface area is 141 Å². The Bertz CT molecular complexity index is 710. The van der Waals surface area contributed by atoms with E-state index in [1.165, 1.54) is 28.7 Å². The van der Waals surface area contributed by atoms with E-state index in [0.29, 0.717) is 5.69 Å². The summed E-state index contributed by atoms with van der Waals surface area (Å²) in [7, 11) is 0. The maximum atomic E-state index is 12.2. The van der Waals surface area contributed by atoms with Crippen LogP contribution in [0.3, 0.4) is 0 Å². The van der Waals surface area contributed by atoms with E-state index in [-0.39, 0.29) is 17.2 Å². The molecule has 0 saturated carbocycles. The summed E-state index contributed by atoms with van der Waals surface area (Å²) < 4.78 is 0. The molecule has 0 aliphatic rings. The zero-order chi connectivity index (χ0) is 17.5. The van der Waals surface area contributed by atoms with Gasteiger partial charge in [-0.25, -0.2) is 0 Å². The lowest BCUT2D eigenvalue weighted by Gasteiger charge is -2.15. The van der Waals surface area contributed by atoms with Gasteiger partial charge in [-0.3, -0.25) is 14.9 Å². The Hall–Kier alpha value is -2.73. The van der Waals surface area contributed by atoms with Crippen molar-refractivity contribution in [2.45, 2.75) is 20.4 Å². The minimum atomic E-state index is -0.513. The topological polar surface area (TPSA) is 76.7 Å². The van der Waals surface area contributed by atoms with Crippen molar-refractivity contribution in [2.75, 3.05) is 18.4 Å². The van der Waals surface area contributed by atoms with Crippen molar-refractivity contribution < 1.29 is 14.6 Å². The van der Waals surface area contributed by atoms with Crippen LogP contribution >= 0.6 is 0 Å². The average molecular weight is 328 g/mol. The quantitative estimate of drug-likeness (QED) is 0.605. The number of carbonyl (C=O) groups excluding carboxylic acids is 1. The number of amides is 1. The number of benzene rings is 2. The number of rotatable bonds is 7. The van der Waals surface area contributed by atoms with Crippen molar-refractivity contribution in [1.82, 2.24) is 0 Å². The van der Waals surface area contributed by atoms with E-state index in [9.17, 15) is 14.9 Å². The summed E-state index contributed by atoms with van der Waals surface area (Å²) in [6.45, 7) is 7.41. The summed E-state index contributed by atoms with van der Waals surface area (Å²) in [5, 5.41) is 13.5. The van der Waals surface area contributed by atoms with Crippen LogP contribution in [0, 0.1) is 10.1 Å². The summed E-state index contributed by atoms with van der Waals surface area (Å²) in [4.78, 5) is 24.0. The molecule has 0 aliphatic heterocycles. The Morgan fingerprint density at radius 2 is 1.79 bits per heavy atom. The molecule has 0 bridgehead atoms. The molecule has 2 aromatic carbocycles. The van der Waals surface area contributed by atoms with Gasteiger partial charge in [0.1, 0.15) is 6.54 Å². The van der Waals surface area contributed by atoms with E-state index in [0.717, 1.165) is 19.6 Å². The second kappa shape index (κ2) is 8.21. The van der Waals surface area contributed by atoms with E-state index in [1.807, 2.05) is 24.3 Å². The smallest absolute Gasteiger partial charge is 0.270 e. The van der Waals surface area contributed by atoms with Crippen molar-refractivity contribution >= 4 is 17.3 Å². The molecule has 0 aliphatic carbocycles. The second-order valence-corrected chi connectivity index (χ2v) is 5.59. The standard InChI is InChI=1S/C18H21N3O3/c1-3-20(4-2)13-14-8-10-16(11-9-14)19-18(22)15-6-5-7-17(12-15)21(23)24/h5-12H,3-4,13H2,1-2H3,(H,19,22)/p+1. The van der Waals surface area contributed by atoms with Crippen LogP contribution in [0.5, 0.6) is 0 Å². The number of nitrogens with zero attached hydrogens (tertiary/aromatic N) is 1. The zero-order valence-corrected chi connectivity index (χ0v) is 13.9. The van der Waals surface area contributed by atoms with Gasteiger partial charge >= 0.3 is 0 Å². The van der Waals surface area contributed by atoms with E-state index >= 15 is 0 Å². The summed E-state index contributed by atoms with van der Waals surface area (Å²) in [6, 6.07) is 13.4. The lowest BCUT2D eigenvalue weighted by molar-refractivity contribution is -0.910. The SMILES string of the molecule is CC[NH+](CC)Cc1ccc(NC(=O)c2cccc([N+](=O)[O-])c2)cc1. The normalized spacial score (nSPS) is 10.6. The van der Waals surface area contributed by atoms with Gasteiger partial charge in [-0.1, -0.05) is 18.2 Å². The molecule has 24 heavy (non-hydrogen) atoms. The van der Waals surface area contributed by atoms with E-state index in [1.54, 1.807) is 6.07 Å². The Morgan fingerprint density at radius 3 is 2.38 bits per heavy atom. The molecule has 0 unspecified atom stereocenters. The maximum absolute atomic E-state index is 12.2. The molecule has 0 spiro atoms. The minimum Gasteiger partial charge on any atom is -0.332 e. The number of anilines is 1. The number of hydrogen-bond donors (Lipinski definition) is 2. The molecule has 2 N–H and O–H groups in total. The molecular weight excluding hydrogens is 306 g/mol. The Balaban J connectivity index is 2.04. The fourth-order valence-electron chi connectivity index (χ4n) is 2.46. The fraction of sp³-hybridized carbons (Fsp3) is 0.278. The first-order chi connectivity index (χ1) is 11.5. The zero-order valence-electron chi connectivity index (χ0n) is 13.9. The highest BCUT2D eigenvalue weighted by atomic mass is 16.6. The summed E-state index contributed by atoms with van der Waals surface area (Å²) >= 11 is 0. The van der Waals surface area contributed by atoms with Crippen molar-refractivity contribution in [3.8, 4) is 0 Å². The van der Waals surface area contributed by atoms with Gasteiger partial charge in [0.25, 0.3) is 11.6 Å². The Kier molecular flexibility index (Phi) is 6.03. The number of quaternary nitrogens is 1. The van der Waals surface area contributed by atoms with E-state index in [2.05, 4.69) is 19.2 Å². The predicted octanol–water partition coefficient (Wildman–Crippen LogP) is 2.27. The molecular formula is C18H22N3O3+. The number of nitro groups is 1. The first-order valence-electron chi connectivity index (χ1n) is 8.01. The van der Waals surface area contributed by atoms with Gasteiger partial charge in [0.2, 0.25) is 0 Å². The maximum Gasteiger partial charge on any atom is 0.270 e. The van der Waals surface area contributed by atoms with Crippen LogP contribution in [-0.4, -0.2) is 23.9 Å². The molecule has 0 saturated heterocycles. The fourth-order valence-corrected chi connectivity index (χ4v) is 2.46. The van der Waals surface area contributed by atoms with E-state index < -0.39 is 4.92 Å². The van der Waals surface area contributed by atoms with Crippen LogP contribution < -0.4 is 10.2 Å². The van der Waals surface area contributed by atoms with Gasteiger partial charge in [0.15, 0.2) is 0 Å². The molecule has 2 rings (SSSR count). The summed E-state index contributed by atoms with van der Waals surface area (Å²) in [5.74, 6) is -0.360. The number of non-ortho nitro benzene ring substituents is 1. The number of nitro benzene ring substituents is 1. The summed E-state index contributed by atoms with van der Waals surface area (Å²) in [6.07, 6.45) is 0. The molecule has 0 radical (unpaired) electrons. The third-order valence-electron chi connectivity index (χ3n) is 3.99. The molecule has 0 atom stereocenters. The Morgan fingerprint density at radius 1 is 1.12 bits per heavy atom. The molecule has 6 heteroatoms. The van der Waals surface area contributed by atoms with Crippen molar-refractivity contribution in [2.24, 2.45) is 0 Å². The third-order valence-corrected chi connectivity index (χ3v) is 3.99. The molecule has 126 valence electrons. The molecule has 0 heterocycles.